The van der Waals surface area contributed by atoms with E-state index in [0.717, 1.165) is 16.3 Å². The number of thiophene rings is 1. The fraction of sp³-hybridized carbons (Fsp3) is 0.300. The maximum atomic E-state index is 5.55. The summed E-state index contributed by atoms with van der Waals surface area (Å²) in [6, 6.07) is 4.31. The molecule has 0 bridgehead atoms. The minimum Gasteiger partial charge on any atom is -0.326 e. The molecule has 2 heterocycles. The number of aryl methyl sites for hydroxylation is 1. The SMILES string of the molecule is CCc1ccc(-c2ncc(CN)s2)s1. The Morgan fingerprint density at radius 2 is 2.14 bits per heavy atom. The Kier molecular flexibility index (Phi) is 2.96. The summed E-state index contributed by atoms with van der Waals surface area (Å²) in [5, 5.41) is 1.09. The first kappa shape index (κ1) is 9.83. The van der Waals surface area contributed by atoms with Gasteiger partial charge < -0.3 is 5.73 Å². The summed E-state index contributed by atoms with van der Waals surface area (Å²) in [6.07, 6.45) is 2.96. The number of thiazole rings is 1. The van der Waals surface area contributed by atoms with Crippen LogP contribution in [0, 0.1) is 0 Å². The van der Waals surface area contributed by atoms with Crippen LogP contribution in [0.1, 0.15) is 16.7 Å². The van der Waals surface area contributed by atoms with Crippen LogP contribution in [0.4, 0.5) is 0 Å². The lowest BCUT2D eigenvalue weighted by Crippen LogP contribution is -1.91. The first-order chi connectivity index (χ1) is 6.83. The van der Waals surface area contributed by atoms with Gasteiger partial charge in [0.15, 0.2) is 0 Å². The highest BCUT2D eigenvalue weighted by atomic mass is 32.1. The lowest BCUT2D eigenvalue weighted by atomic mass is 10.4. The monoisotopic (exact) mass is 224 g/mol. The molecule has 0 spiro atoms. The lowest BCUT2D eigenvalue weighted by Gasteiger charge is -1.87. The van der Waals surface area contributed by atoms with Gasteiger partial charge >= 0.3 is 0 Å². The molecule has 2 N–H and O–H groups in total. The standard InChI is InChI=1S/C10H12N2S2/c1-2-7-3-4-9(13-7)10-12-6-8(5-11)14-10/h3-4,6H,2,5,11H2,1H3. The molecule has 0 radical (unpaired) electrons. The highest BCUT2D eigenvalue weighted by Crippen LogP contribution is 2.31. The molecule has 74 valence electrons. The predicted octanol–water partition coefficient (Wildman–Crippen LogP) is 2.89. The van der Waals surface area contributed by atoms with Gasteiger partial charge in [-0.1, -0.05) is 6.92 Å². The zero-order chi connectivity index (χ0) is 9.97. The van der Waals surface area contributed by atoms with E-state index in [1.807, 2.05) is 17.5 Å². The lowest BCUT2D eigenvalue weighted by molar-refractivity contribution is 1.10. The van der Waals surface area contributed by atoms with E-state index in [1.165, 1.54) is 9.75 Å². The molecule has 0 aliphatic carbocycles. The molecule has 0 atom stereocenters. The highest BCUT2D eigenvalue weighted by molar-refractivity contribution is 7.21. The summed E-state index contributed by atoms with van der Waals surface area (Å²) < 4.78 is 0. The van der Waals surface area contributed by atoms with Crippen molar-refractivity contribution in [2.45, 2.75) is 19.9 Å². The maximum Gasteiger partial charge on any atom is 0.133 e. The molecule has 2 nitrogen and oxygen atoms in total. The quantitative estimate of drug-likeness (QED) is 0.870. The van der Waals surface area contributed by atoms with Gasteiger partial charge in [-0.25, -0.2) is 4.98 Å². The highest BCUT2D eigenvalue weighted by Gasteiger charge is 2.06. The molecule has 0 saturated carbocycles. The second kappa shape index (κ2) is 4.21. The van der Waals surface area contributed by atoms with Gasteiger partial charge in [-0.2, -0.15) is 0 Å². The number of nitrogens with zero attached hydrogens (tertiary/aromatic N) is 1. The van der Waals surface area contributed by atoms with Crippen molar-refractivity contribution in [1.82, 2.24) is 4.98 Å². The van der Waals surface area contributed by atoms with Gasteiger partial charge in [0.1, 0.15) is 5.01 Å². The molecule has 14 heavy (non-hydrogen) atoms. The third-order valence-corrected chi connectivity index (χ3v) is 4.39. The first-order valence-electron chi connectivity index (χ1n) is 4.57. The Labute approximate surface area is 91.4 Å². The molecule has 0 amide bonds. The van der Waals surface area contributed by atoms with Crippen LogP contribution >= 0.6 is 22.7 Å². The molecule has 4 heteroatoms. The van der Waals surface area contributed by atoms with E-state index in [2.05, 4.69) is 24.0 Å². The minimum absolute atomic E-state index is 0.587. The van der Waals surface area contributed by atoms with Crippen molar-refractivity contribution in [2.24, 2.45) is 5.73 Å². The van der Waals surface area contributed by atoms with E-state index in [4.69, 9.17) is 5.73 Å². The van der Waals surface area contributed by atoms with Gasteiger partial charge in [0.25, 0.3) is 0 Å². The van der Waals surface area contributed by atoms with Crippen LogP contribution in [0.2, 0.25) is 0 Å². The number of aromatic nitrogens is 1. The van der Waals surface area contributed by atoms with E-state index in [-0.39, 0.29) is 0 Å². The average Bonchev–Trinajstić information content (AvgIpc) is 2.86. The van der Waals surface area contributed by atoms with Crippen LogP contribution in [0.5, 0.6) is 0 Å². The molecule has 0 fully saturated rings. The van der Waals surface area contributed by atoms with Gasteiger partial charge in [-0.05, 0) is 18.6 Å². The molecule has 0 aliphatic heterocycles. The number of hydrogen-bond donors (Lipinski definition) is 1. The number of nitrogens with two attached hydrogens (primary N) is 1. The fourth-order valence-corrected chi connectivity index (χ4v) is 3.00. The summed E-state index contributed by atoms with van der Waals surface area (Å²) in [6.45, 7) is 2.76. The second-order valence-corrected chi connectivity index (χ2v) is 5.24. The van der Waals surface area contributed by atoms with Crippen molar-refractivity contribution < 1.29 is 0 Å². The zero-order valence-corrected chi connectivity index (χ0v) is 9.62. The van der Waals surface area contributed by atoms with Gasteiger partial charge in [0.05, 0.1) is 4.88 Å². The van der Waals surface area contributed by atoms with Crippen molar-refractivity contribution >= 4 is 22.7 Å². The summed E-state index contributed by atoms with van der Waals surface area (Å²) in [4.78, 5) is 8.16. The number of hydrogen-bond acceptors (Lipinski definition) is 4. The normalized spacial score (nSPS) is 10.7. The molecule has 0 aliphatic rings. The van der Waals surface area contributed by atoms with Gasteiger partial charge in [-0.3, -0.25) is 0 Å². The molecular formula is C10H12N2S2. The third-order valence-electron chi connectivity index (χ3n) is 1.98. The number of rotatable bonds is 3. The van der Waals surface area contributed by atoms with Crippen LogP contribution in [0.25, 0.3) is 9.88 Å². The van der Waals surface area contributed by atoms with Crippen LogP contribution in [-0.4, -0.2) is 4.98 Å². The van der Waals surface area contributed by atoms with Gasteiger partial charge in [-0.15, -0.1) is 22.7 Å². The van der Waals surface area contributed by atoms with E-state index in [9.17, 15) is 0 Å². The summed E-state index contributed by atoms with van der Waals surface area (Å²) in [5.74, 6) is 0. The maximum absolute atomic E-state index is 5.55. The van der Waals surface area contributed by atoms with Crippen LogP contribution in [-0.2, 0) is 13.0 Å². The van der Waals surface area contributed by atoms with Crippen molar-refractivity contribution in [1.29, 1.82) is 0 Å². The average molecular weight is 224 g/mol. The Morgan fingerprint density at radius 1 is 1.29 bits per heavy atom. The van der Waals surface area contributed by atoms with E-state index in [1.54, 1.807) is 11.3 Å². The van der Waals surface area contributed by atoms with Crippen molar-refractivity contribution in [2.75, 3.05) is 0 Å². The molecule has 0 aromatic carbocycles. The Balaban J connectivity index is 2.29. The first-order valence-corrected chi connectivity index (χ1v) is 6.20. The van der Waals surface area contributed by atoms with Gasteiger partial charge in [0.2, 0.25) is 0 Å². The van der Waals surface area contributed by atoms with Crippen molar-refractivity contribution in [3.63, 3.8) is 0 Å². The largest absolute Gasteiger partial charge is 0.326 e. The molecule has 0 saturated heterocycles. The van der Waals surface area contributed by atoms with E-state index in [0.29, 0.717) is 6.54 Å². The molecule has 2 aromatic heterocycles. The minimum atomic E-state index is 0.587. The summed E-state index contributed by atoms with van der Waals surface area (Å²) in [7, 11) is 0. The summed E-state index contributed by atoms with van der Waals surface area (Å²) in [5.41, 5.74) is 5.55. The zero-order valence-electron chi connectivity index (χ0n) is 7.99. The Bertz CT molecular complexity index is 377. The Hall–Kier alpha value is -0.710. The Morgan fingerprint density at radius 3 is 2.71 bits per heavy atom. The van der Waals surface area contributed by atoms with E-state index < -0.39 is 0 Å². The van der Waals surface area contributed by atoms with Crippen molar-refractivity contribution in [3.05, 3.63) is 28.1 Å². The summed E-state index contributed by atoms with van der Waals surface area (Å²) >= 11 is 3.50. The van der Waals surface area contributed by atoms with Crippen LogP contribution in [0.3, 0.4) is 0 Å². The molecule has 2 aromatic rings. The van der Waals surface area contributed by atoms with Crippen LogP contribution in [0.15, 0.2) is 18.3 Å². The second-order valence-electron chi connectivity index (χ2n) is 2.96. The van der Waals surface area contributed by atoms with Crippen molar-refractivity contribution in [3.8, 4) is 9.88 Å². The molecule has 0 unspecified atom stereocenters. The molecular weight excluding hydrogens is 212 g/mol. The van der Waals surface area contributed by atoms with Crippen LogP contribution < -0.4 is 5.73 Å². The topological polar surface area (TPSA) is 38.9 Å². The fourth-order valence-electron chi connectivity index (χ4n) is 1.20. The smallest absolute Gasteiger partial charge is 0.133 e. The van der Waals surface area contributed by atoms with Gasteiger partial charge in [0, 0.05) is 22.5 Å². The third kappa shape index (κ3) is 1.87. The molecule has 2 rings (SSSR count). The predicted molar refractivity (Wildman–Crippen MR) is 62.7 cm³/mol. The van der Waals surface area contributed by atoms with E-state index >= 15 is 0 Å².